The number of para-hydroxylation sites is 1. The van der Waals surface area contributed by atoms with E-state index in [1.165, 1.54) is 0 Å². The number of carboxylic acids is 1. The number of hydrogen-bond donors (Lipinski definition) is 2. The molecule has 4 aromatic rings. The molecule has 0 aliphatic carbocycles. The molecule has 0 spiro atoms. The zero-order valence-electron chi connectivity index (χ0n) is 16.9. The van der Waals surface area contributed by atoms with Gasteiger partial charge in [-0.25, -0.2) is 9.78 Å². The van der Waals surface area contributed by atoms with Crippen molar-refractivity contribution in [2.24, 2.45) is 0 Å². The lowest BCUT2D eigenvalue weighted by Crippen LogP contribution is -1.98. The van der Waals surface area contributed by atoms with Crippen LogP contribution in [0.5, 0.6) is 0 Å². The summed E-state index contributed by atoms with van der Waals surface area (Å²) in [5, 5.41) is 18.2. The maximum atomic E-state index is 11.9. The molecule has 2 aromatic carbocycles. The smallest absolute Gasteiger partial charge is 0.342 e. The van der Waals surface area contributed by atoms with Crippen molar-refractivity contribution in [3.8, 4) is 0 Å². The molecule has 0 aliphatic rings. The van der Waals surface area contributed by atoms with Crippen LogP contribution in [0.1, 0.15) is 30.3 Å². The zero-order valence-corrected chi connectivity index (χ0v) is 19.3. The molecule has 158 valence electrons. The van der Waals surface area contributed by atoms with Crippen LogP contribution in [0.3, 0.4) is 0 Å². The second-order valence-corrected chi connectivity index (χ2v) is 9.01. The van der Waals surface area contributed by atoms with Crippen LogP contribution in [-0.4, -0.2) is 30.8 Å². The number of aliphatic carboxylic acids is 1. The number of carbonyl (C=O) groups is 1. The third-order valence-corrected chi connectivity index (χ3v) is 6.19. The average Bonchev–Trinajstić information content (AvgIpc) is 3.34. The SMILES string of the molecule is CCCc1nc(S/C(=C\c2cn(Cc3ccc(Br)cc3)c3ccccc23)C(=O)O)n[nH]1. The first-order chi connectivity index (χ1) is 15.0. The summed E-state index contributed by atoms with van der Waals surface area (Å²) in [4.78, 5) is 16.5. The first kappa shape index (κ1) is 21.4. The van der Waals surface area contributed by atoms with Crippen LogP contribution in [0.4, 0.5) is 0 Å². The van der Waals surface area contributed by atoms with E-state index in [4.69, 9.17) is 0 Å². The molecule has 2 aromatic heterocycles. The number of aromatic nitrogens is 4. The van der Waals surface area contributed by atoms with Crippen LogP contribution in [-0.2, 0) is 17.8 Å². The Bertz CT molecular complexity index is 1240. The number of halogens is 1. The van der Waals surface area contributed by atoms with E-state index in [1.54, 1.807) is 6.08 Å². The maximum Gasteiger partial charge on any atom is 0.342 e. The molecular formula is C23H21BrN4O2S. The molecule has 2 N–H and O–H groups in total. The molecule has 0 saturated heterocycles. The van der Waals surface area contributed by atoms with Gasteiger partial charge in [-0.3, -0.25) is 5.10 Å². The molecule has 4 rings (SSSR count). The highest BCUT2D eigenvalue weighted by molar-refractivity contribution is 9.10. The highest BCUT2D eigenvalue weighted by Gasteiger charge is 2.16. The van der Waals surface area contributed by atoms with Gasteiger partial charge in [0.1, 0.15) is 10.7 Å². The van der Waals surface area contributed by atoms with E-state index >= 15 is 0 Å². The quantitative estimate of drug-likeness (QED) is 0.240. The fraction of sp³-hybridized carbons (Fsp3) is 0.174. The molecule has 0 amide bonds. The van der Waals surface area contributed by atoms with Crippen molar-refractivity contribution in [3.05, 3.63) is 81.1 Å². The van der Waals surface area contributed by atoms with Crippen molar-refractivity contribution < 1.29 is 9.90 Å². The maximum absolute atomic E-state index is 11.9. The molecule has 8 heteroatoms. The number of nitrogens with one attached hydrogen (secondary N) is 1. The standard InChI is InChI=1S/C23H21BrN4O2S/c1-2-5-21-25-23(27-26-21)31-20(22(29)30)12-16-14-28(19-7-4-3-6-18(16)19)13-15-8-10-17(24)11-9-15/h3-4,6-12,14H,2,5,13H2,1H3,(H,29,30)(H,25,26,27)/b20-12-. The lowest BCUT2D eigenvalue weighted by atomic mass is 10.1. The van der Waals surface area contributed by atoms with E-state index in [1.807, 2.05) is 42.6 Å². The number of hydrogen-bond acceptors (Lipinski definition) is 4. The molecule has 0 unspecified atom stereocenters. The lowest BCUT2D eigenvalue weighted by molar-refractivity contribution is -0.131. The molecule has 0 aliphatic heterocycles. The van der Waals surface area contributed by atoms with E-state index in [2.05, 4.69) is 54.7 Å². The van der Waals surface area contributed by atoms with Gasteiger partial charge in [-0.05, 0) is 48.0 Å². The summed E-state index contributed by atoms with van der Waals surface area (Å²) in [5.41, 5.74) is 3.06. The largest absolute Gasteiger partial charge is 0.477 e. The average molecular weight is 497 g/mol. The number of aryl methyl sites for hydroxylation is 1. The normalized spacial score (nSPS) is 11.9. The van der Waals surface area contributed by atoms with Crippen molar-refractivity contribution in [2.75, 3.05) is 0 Å². The van der Waals surface area contributed by atoms with Crippen molar-refractivity contribution in [1.82, 2.24) is 19.7 Å². The Kier molecular flexibility index (Phi) is 6.58. The summed E-state index contributed by atoms with van der Waals surface area (Å²) in [5.74, 6) is -0.238. The number of carboxylic acid groups (broad SMARTS) is 1. The Morgan fingerprint density at radius 3 is 2.74 bits per heavy atom. The lowest BCUT2D eigenvalue weighted by Gasteiger charge is -2.05. The fourth-order valence-corrected chi connectivity index (χ4v) is 4.34. The topological polar surface area (TPSA) is 83.8 Å². The summed E-state index contributed by atoms with van der Waals surface area (Å²) in [6.07, 6.45) is 5.42. The summed E-state index contributed by atoms with van der Waals surface area (Å²) in [6, 6.07) is 16.2. The van der Waals surface area contributed by atoms with E-state index in [-0.39, 0.29) is 4.91 Å². The van der Waals surface area contributed by atoms with Crippen LogP contribution in [0.2, 0.25) is 0 Å². The van der Waals surface area contributed by atoms with E-state index in [0.717, 1.165) is 56.9 Å². The molecular weight excluding hydrogens is 476 g/mol. The Hall–Kier alpha value is -2.84. The van der Waals surface area contributed by atoms with Gasteiger partial charge in [-0.1, -0.05) is 53.2 Å². The van der Waals surface area contributed by atoms with Gasteiger partial charge in [0.15, 0.2) is 0 Å². The van der Waals surface area contributed by atoms with Crippen LogP contribution in [0, 0.1) is 0 Å². The number of rotatable bonds is 8. The predicted octanol–water partition coefficient (Wildman–Crippen LogP) is 5.74. The number of aromatic amines is 1. The van der Waals surface area contributed by atoms with Gasteiger partial charge in [0, 0.05) is 40.1 Å². The van der Waals surface area contributed by atoms with Gasteiger partial charge in [-0.2, -0.15) is 0 Å². The van der Waals surface area contributed by atoms with Crippen LogP contribution < -0.4 is 0 Å². The van der Waals surface area contributed by atoms with Crippen molar-refractivity contribution in [2.45, 2.75) is 31.5 Å². The van der Waals surface area contributed by atoms with Gasteiger partial charge >= 0.3 is 5.97 Å². The minimum absolute atomic E-state index is 0.175. The van der Waals surface area contributed by atoms with E-state index < -0.39 is 5.97 Å². The highest BCUT2D eigenvalue weighted by atomic mass is 79.9. The number of nitrogens with zero attached hydrogens (tertiary/aromatic N) is 3. The second-order valence-electron chi connectivity index (χ2n) is 7.09. The Morgan fingerprint density at radius 1 is 1.23 bits per heavy atom. The summed E-state index contributed by atoms with van der Waals surface area (Å²) >= 11 is 4.52. The first-order valence-electron chi connectivity index (χ1n) is 9.90. The van der Waals surface area contributed by atoms with Crippen molar-refractivity contribution in [3.63, 3.8) is 0 Å². The first-order valence-corrected chi connectivity index (χ1v) is 11.5. The Labute approximate surface area is 192 Å². The summed E-state index contributed by atoms with van der Waals surface area (Å²) < 4.78 is 3.18. The number of fused-ring (bicyclic) bond motifs is 1. The Morgan fingerprint density at radius 2 is 2.00 bits per heavy atom. The van der Waals surface area contributed by atoms with E-state index in [9.17, 15) is 9.90 Å². The molecule has 2 heterocycles. The van der Waals surface area contributed by atoms with Crippen LogP contribution in [0.25, 0.3) is 17.0 Å². The summed E-state index contributed by atoms with van der Waals surface area (Å²) in [6.45, 7) is 2.75. The third-order valence-electron chi connectivity index (χ3n) is 4.78. The highest BCUT2D eigenvalue weighted by Crippen LogP contribution is 2.30. The van der Waals surface area contributed by atoms with Gasteiger partial charge in [-0.15, -0.1) is 5.10 Å². The van der Waals surface area contributed by atoms with Crippen LogP contribution >= 0.6 is 27.7 Å². The molecule has 31 heavy (non-hydrogen) atoms. The van der Waals surface area contributed by atoms with Crippen molar-refractivity contribution in [1.29, 1.82) is 0 Å². The Balaban J connectivity index is 1.68. The molecule has 0 fully saturated rings. The zero-order chi connectivity index (χ0) is 21.8. The number of benzene rings is 2. The minimum Gasteiger partial charge on any atom is -0.477 e. The summed E-state index contributed by atoms with van der Waals surface area (Å²) in [7, 11) is 0. The van der Waals surface area contributed by atoms with Gasteiger partial charge < -0.3 is 9.67 Å². The number of H-pyrrole nitrogens is 1. The second kappa shape index (κ2) is 9.53. The molecule has 0 bridgehead atoms. The van der Waals surface area contributed by atoms with Gasteiger partial charge in [0.25, 0.3) is 0 Å². The predicted molar refractivity (Wildman–Crippen MR) is 127 cm³/mol. The fourth-order valence-electron chi connectivity index (χ4n) is 3.35. The molecule has 6 nitrogen and oxygen atoms in total. The monoisotopic (exact) mass is 496 g/mol. The van der Waals surface area contributed by atoms with Crippen LogP contribution in [0.15, 0.2) is 69.3 Å². The molecule has 0 radical (unpaired) electrons. The molecule has 0 atom stereocenters. The van der Waals surface area contributed by atoms with E-state index in [0.29, 0.717) is 11.7 Å². The minimum atomic E-state index is -1.00. The molecule has 0 saturated carbocycles. The van der Waals surface area contributed by atoms with Gasteiger partial charge in [0.2, 0.25) is 5.16 Å². The van der Waals surface area contributed by atoms with Gasteiger partial charge in [0.05, 0.1) is 0 Å². The van der Waals surface area contributed by atoms with Crippen molar-refractivity contribution >= 4 is 50.6 Å². The number of thioether (sulfide) groups is 1. The third kappa shape index (κ3) is 5.08.